The Morgan fingerprint density at radius 1 is 0.482 bits per heavy atom. The average Bonchev–Trinajstić information content (AvgIpc) is 4.07. The predicted octanol–water partition coefficient (Wildman–Crippen LogP) is 13.3. The molecule has 0 spiro atoms. The van der Waals surface area contributed by atoms with Crippen molar-refractivity contribution in [3.8, 4) is 22.5 Å². The van der Waals surface area contributed by atoms with Crippen LogP contribution in [0.15, 0.2) is 134 Å². The fourth-order valence-corrected chi connectivity index (χ4v) is 10.4. The van der Waals surface area contributed by atoms with Gasteiger partial charge in [0.2, 0.25) is 0 Å². The molecule has 278 valence electrons. The second-order valence-electron chi connectivity index (χ2n) is 19.5. The Hall–Kier alpha value is -5.28. The first-order valence-electron chi connectivity index (χ1n) is 20.8. The van der Waals surface area contributed by atoms with Crippen molar-refractivity contribution in [2.75, 3.05) is 4.90 Å². The van der Waals surface area contributed by atoms with Crippen molar-refractivity contribution in [3.05, 3.63) is 172 Å². The van der Waals surface area contributed by atoms with Gasteiger partial charge in [-0.15, -0.1) is 0 Å². The third-order valence-electron chi connectivity index (χ3n) is 13.8. The Morgan fingerprint density at radius 2 is 1.00 bits per heavy atom. The maximum atomic E-state index is 5.55. The molecule has 0 saturated heterocycles. The SMILES string of the molecule is Cc1cc2c(cc1-c1cccc(N(c3cc(C(C)(C)C)cc(C(C)(C)C)c3)c3cccc(-c4ccc5c(c4)C4C=CC6C(C=C4)C56)n3)n1)C1C=CC3C(C=C1)C23. The molecule has 8 aliphatic rings. The Morgan fingerprint density at radius 3 is 1.57 bits per heavy atom. The topological polar surface area (TPSA) is 29.0 Å². The van der Waals surface area contributed by atoms with Crippen LogP contribution in [-0.4, -0.2) is 9.97 Å². The van der Waals surface area contributed by atoms with E-state index in [1.807, 2.05) is 0 Å². The standard InChI is InChI=1S/C53H51N3/c1-30-24-45-44(32-16-21-39-40(22-17-32)51(39)45)29-42(30)47-11-9-13-49(55-47)56(36-27-34(52(2,3)4)26-35(28-36)53(5,6)7)48-12-8-10-46(54-48)33-18-23-41-43(25-33)31-14-19-37-38(20-15-31)50(37)41/h8-29,31-32,37-40,50-51H,1-7H3. The van der Waals surface area contributed by atoms with Gasteiger partial charge in [-0.1, -0.05) is 127 Å². The minimum atomic E-state index is -0.0432. The van der Waals surface area contributed by atoms with Crippen molar-refractivity contribution in [2.45, 2.75) is 83.0 Å². The van der Waals surface area contributed by atoms with E-state index >= 15 is 0 Å². The highest BCUT2D eigenvalue weighted by Gasteiger charge is 2.52. The molecule has 0 N–H and O–H groups in total. The lowest BCUT2D eigenvalue weighted by Crippen LogP contribution is -2.20. The summed E-state index contributed by atoms with van der Waals surface area (Å²) in [7, 11) is 0. The quantitative estimate of drug-likeness (QED) is 0.169. The van der Waals surface area contributed by atoms with Crippen LogP contribution in [0.3, 0.4) is 0 Å². The summed E-state index contributed by atoms with van der Waals surface area (Å²) in [4.78, 5) is 13.3. The lowest BCUT2D eigenvalue weighted by molar-refractivity contribution is 0.568. The minimum Gasteiger partial charge on any atom is -0.279 e. The number of aromatic nitrogens is 2. The maximum Gasteiger partial charge on any atom is 0.139 e. The van der Waals surface area contributed by atoms with Gasteiger partial charge in [0.05, 0.1) is 11.4 Å². The molecule has 0 amide bonds. The smallest absolute Gasteiger partial charge is 0.139 e. The van der Waals surface area contributed by atoms with E-state index in [4.69, 9.17) is 9.97 Å². The van der Waals surface area contributed by atoms with Crippen molar-refractivity contribution in [1.29, 1.82) is 0 Å². The molecule has 4 atom stereocenters. The van der Waals surface area contributed by atoms with Gasteiger partial charge in [-0.2, -0.15) is 0 Å². The van der Waals surface area contributed by atoms with E-state index in [9.17, 15) is 0 Å². The van der Waals surface area contributed by atoms with Gasteiger partial charge in [0.15, 0.2) is 0 Å². The van der Waals surface area contributed by atoms with Crippen LogP contribution in [0, 0.1) is 30.6 Å². The summed E-state index contributed by atoms with van der Waals surface area (Å²) in [5.41, 5.74) is 15.1. The maximum absolute atomic E-state index is 5.55. The highest BCUT2D eigenvalue weighted by Crippen LogP contribution is 2.62. The molecule has 8 aliphatic carbocycles. The molecule has 13 rings (SSSR count). The molecule has 5 aromatic rings. The van der Waals surface area contributed by atoms with Gasteiger partial charge in [0, 0.05) is 28.7 Å². The average molecular weight is 730 g/mol. The molecule has 56 heavy (non-hydrogen) atoms. The van der Waals surface area contributed by atoms with Gasteiger partial charge in [0.25, 0.3) is 0 Å². The van der Waals surface area contributed by atoms with E-state index in [-0.39, 0.29) is 10.8 Å². The van der Waals surface area contributed by atoms with E-state index in [1.54, 1.807) is 0 Å². The molecule has 0 aliphatic heterocycles. The first-order chi connectivity index (χ1) is 26.9. The number of allylic oxidation sites excluding steroid dienone is 8. The van der Waals surface area contributed by atoms with Crippen molar-refractivity contribution >= 4 is 17.3 Å². The fourth-order valence-electron chi connectivity index (χ4n) is 10.4. The van der Waals surface area contributed by atoms with Crippen LogP contribution in [0.5, 0.6) is 0 Å². The van der Waals surface area contributed by atoms with Crippen LogP contribution in [-0.2, 0) is 10.8 Å². The largest absolute Gasteiger partial charge is 0.279 e. The Kier molecular flexibility index (Phi) is 7.21. The summed E-state index contributed by atoms with van der Waals surface area (Å²) in [6, 6.07) is 32.1. The molecule has 8 bridgehead atoms. The van der Waals surface area contributed by atoms with E-state index < -0.39 is 0 Å². The summed E-state index contributed by atoms with van der Waals surface area (Å²) in [5.74, 6) is 6.25. The summed E-state index contributed by atoms with van der Waals surface area (Å²) in [6.07, 6.45) is 19.6. The zero-order chi connectivity index (χ0) is 38.2. The summed E-state index contributed by atoms with van der Waals surface area (Å²) in [6.45, 7) is 16.1. The summed E-state index contributed by atoms with van der Waals surface area (Å²) >= 11 is 0. The van der Waals surface area contributed by atoms with Gasteiger partial charge < -0.3 is 0 Å². The molecule has 3 aromatic carbocycles. The predicted molar refractivity (Wildman–Crippen MR) is 231 cm³/mol. The van der Waals surface area contributed by atoms with Crippen LogP contribution in [0.2, 0.25) is 0 Å². The number of anilines is 3. The second kappa shape index (κ2) is 11.9. The van der Waals surface area contributed by atoms with Gasteiger partial charge >= 0.3 is 0 Å². The molecule has 2 aromatic heterocycles. The van der Waals surface area contributed by atoms with Gasteiger partial charge in [-0.05, 0) is 141 Å². The number of hydrogen-bond donors (Lipinski definition) is 0. The first kappa shape index (κ1) is 34.0. The Labute approximate surface area is 332 Å². The molecule has 2 saturated carbocycles. The first-order valence-corrected chi connectivity index (χ1v) is 20.8. The number of benzene rings is 3. The molecule has 3 heteroatoms. The number of hydrogen-bond acceptors (Lipinski definition) is 3. The van der Waals surface area contributed by atoms with Crippen LogP contribution in [0.4, 0.5) is 17.3 Å². The van der Waals surface area contributed by atoms with Gasteiger partial charge in [-0.25, -0.2) is 9.97 Å². The molecule has 0 radical (unpaired) electrons. The van der Waals surface area contributed by atoms with Crippen molar-refractivity contribution < 1.29 is 0 Å². The summed E-state index contributed by atoms with van der Waals surface area (Å²) in [5, 5.41) is 0. The summed E-state index contributed by atoms with van der Waals surface area (Å²) < 4.78 is 0. The van der Waals surface area contributed by atoms with Crippen LogP contribution in [0.1, 0.15) is 104 Å². The van der Waals surface area contributed by atoms with E-state index in [0.29, 0.717) is 47.3 Å². The number of pyridine rings is 2. The highest BCUT2D eigenvalue weighted by molar-refractivity contribution is 5.78. The van der Waals surface area contributed by atoms with Crippen molar-refractivity contribution in [1.82, 2.24) is 9.97 Å². The van der Waals surface area contributed by atoms with Crippen molar-refractivity contribution in [2.24, 2.45) is 23.7 Å². The molecule has 4 unspecified atom stereocenters. The van der Waals surface area contributed by atoms with Crippen LogP contribution < -0.4 is 4.90 Å². The van der Waals surface area contributed by atoms with Crippen LogP contribution in [0.25, 0.3) is 22.5 Å². The number of nitrogens with zero attached hydrogens (tertiary/aromatic N) is 3. The Bertz CT molecular complexity index is 2510. The third kappa shape index (κ3) is 5.37. The fraction of sp³-hybridized carbons (Fsp3) is 0.321. The molecular weight excluding hydrogens is 679 g/mol. The van der Waals surface area contributed by atoms with E-state index in [0.717, 1.165) is 34.3 Å². The normalized spacial score (nSPS) is 26.9. The zero-order valence-corrected chi connectivity index (χ0v) is 33.7. The Balaban J connectivity index is 1.06. The molecule has 2 fully saturated rings. The zero-order valence-electron chi connectivity index (χ0n) is 33.7. The minimum absolute atomic E-state index is 0.0432. The van der Waals surface area contributed by atoms with Gasteiger partial charge in [-0.3, -0.25) is 4.90 Å². The van der Waals surface area contributed by atoms with Crippen molar-refractivity contribution in [3.63, 3.8) is 0 Å². The monoisotopic (exact) mass is 729 g/mol. The molecule has 2 heterocycles. The number of aryl methyl sites for hydroxylation is 1. The highest BCUT2D eigenvalue weighted by atomic mass is 15.2. The number of rotatable bonds is 5. The lowest BCUT2D eigenvalue weighted by atomic mass is 9.80. The van der Waals surface area contributed by atoms with Crippen LogP contribution >= 0.6 is 0 Å². The van der Waals surface area contributed by atoms with Gasteiger partial charge in [0.1, 0.15) is 11.6 Å². The molecule has 3 nitrogen and oxygen atoms in total. The van der Waals surface area contributed by atoms with E-state index in [1.165, 1.54) is 44.5 Å². The second-order valence-corrected chi connectivity index (χ2v) is 19.5. The lowest BCUT2D eigenvalue weighted by Gasteiger charge is -2.30. The molecular formula is C53H51N3. The third-order valence-corrected chi connectivity index (χ3v) is 13.8. The van der Waals surface area contributed by atoms with E-state index in [2.05, 4.69) is 187 Å².